The van der Waals surface area contributed by atoms with Gasteiger partial charge in [-0.25, -0.2) is 22.2 Å². The molecule has 0 fully saturated rings. The van der Waals surface area contributed by atoms with E-state index in [9.17, 15) is 22.0 Å². The van der Waals surface area contributed by atoms with Crippen molar-refractivity contribution in [3.63, 3.8) is 0 Å². The SMILES string of the molecule is Cn1c(=O)c(CC(F)F)cc2cnc(S(C)(=O)=O)nc21. The molecule has 0 spiro atoms. The van der Waals surface area contributed by atoms with Gasteiger partial charge in [0, 0.05) is 36.9 Å². The Labute approximate surface area is 113 Å². The van der Waals surface area contributed by atoms with Crippen molar-refractivity contribution < 1.29 is 17.2 Å². The van der Waals surface area contributed by atoms with Crippen LogP contribution >= 0.6 is 0 Å². The molecule has 2 heterocycles. The van der Waals surface area contributed by atoms with Crippen molar-refractivity contribution in [3.8, 4) is 0 Å². The van der Waals surface area contributed by atoms with Crippen molar-refractivity contribution >= 4 is 20.9 Å². The van der Waals surface area contributed by atoms with Crippen LogP contribution in [0.15, 0.2) is 22.2 Å². The Morgan fingerprint density at radius 1 is 1.40 bits per heavy atom. The van der Waals surface area contributed by atoms with Gasteiger partial charge in [-0.2, -0.15) is 4.98 Å². The molecule has 0 amide bonds. The molecule has 2 aromatic heterocycles. The number of hydrogen-bond donors (Lipinski definition) is 0. The number of hydrogen-bond acceptors (Lipinski definition) is 5. The minimum absolute atomic E-state index is 0.0642. The fourth-order valence-corrected chi connectivity index (χ4v) is 2.29. The van der Waals surface area contributed by atoms with E-state index in [4.69, 9.17) is 0 Å². The van der Waals surface area contributed by atoms with Gasteiger partial charge in [0.15, 0.2) is 0 Å². The molecule has 0 aromatic carbocycles. The maximum Gasteiger partial charge on any atom is 0.255 e. The third kappa shape index (κ3) is 2.67. The molecule has 0 bridgehead atoms. The van der Waals surface area contributed by atoms with Gasteiger partial charge >= 0.3 is 0 Å². The Kier molecular flexibility index (Phi) is 3.55. The van der Waals surface area contributed by atoms with Crippen molar-refractivity contribution in [1.82, 2.24) is 14.5 Å². The average Bonchev–Trinajstić information content (AvgIpc) is 2.33. The summed E-state index contributed by atoms with van der Waals surface area (Å²) in [6.07, 6.45) is -1.17. The smallest absolute Gasteiger partial charge is 0.255 e. The summed E-state index contributed by atoms with van der Waals surface area (Å²) in [5.74, 6) is 0. The molecule has 0 aliphatic heterocycles. The zero-order valence-electron chi connectivity index (χ0n) is 10.7. The average molecular weight is 303 g/mol. The van der Waals surface area contributed by atoms with E-state index in [0.29, 0.717) is 5.39 Å². The maximum absolute atomic E-state index is 12.4. The second kappa shape index (κ2) is 4.89. The first-order valence-electron chi connectivity index (χ1n) is 5.54. The van der Waals surface area contributed by atoms with E-state index in [2.05, 4.69) is 9.97 Å². The monoisotopic (exact) mass is 303 g/mol. The van der Waals surface area contributed by atoms with Crippen LogP contribution < -0.4 is 5.56 Å². The van der Waals surface area contributed by atoms with Crippen molar-refractivity contribution in [2.45, 2.75) is 18.0 Å². The molecule has 108 valence electrons. The van der Waals surface area contributed by atoms with Crippen LogP contribution in [0.3, 0.4) is 0 Å². The molecular formula is C11H11F2N3O3S. The number of halogens is 2. The summed E-state index contributed by atoms with van der Waals surface area (Å²) in [6.45, 7) is 0. The van der Waals surface area contributed by atoms with Gasteiger partial charge in [-0.15, -0.1) is 0 Å². The van der Waals surface area contributed by atoms with Crippen LogP contribution in [0.1, 0.15) is 5.56 Å². The highest BCUT2D eigenvalue weighted by atomic mass is 32.2. The van der Waals surface area contributed by atoms with E-state index in [1.165, 1.54) is 19.3 Å². The Morgan fingerprint density at radius 2 is 2.05 bits per heavy atom. The topological polar surface area (TPSA) is 81.9 Å². The Bertz CT molecular complexity index is 831. The van der Waals surface area contributed by atoms with Crippen molar-refractivity contribution in [2.24, 2.45) is 7.05 Å². The molecule has 0 N–H and O–H groups in total. The number of nitrogens with zero attached hydrogens (tertiary/aromatic N) is 3. The van der Waals surface area contributed by atoms with Gasteiger partial charge in [0.2, 0.25) is 21.4 Å². The molecule has 0 saturated carbocycles. The molecule has 0 unspecified atom stereocenters. The summed E-state index contributed by atoms with van der Waals surface area (Å²) in [4.78, 5) is 19.4. The van der Waals surface area contributed by atoms with Crippen LogP contribution in [0.2, 0.25) is 0 Å². The van der Waals surface area contributed by atoms with Crippen LogP contribution in [0.5, 0.6) is 0 Å². The number of sulfone groups is 1. The van der Waals surface area contributed by atoms with Crippen LogP contribution in [0.25, 0.3) is 11.0 Å². The molecule has 0 radical (unpaired) electrons. The second-order valence-corrected chi connectivity index (χ2v) is 6.24. The Morgan fingerprint density at radius 3 is 2.60 bits per heavy atom. The van der Waals surface area contributed by atoms with E-state index in [1.807, 2.05) is 0 Å². The highest BCUT2D eigenvalue weighted by molar-refractivity contribution is 7.90. The number of aryl methyl sites for hydroxylation is 1. The third-order valence-corrected chi connectivity index (χ3v) is 3.57. The highest BCUT2D eigenvalue weighted by Crippen LogP contribution is 2.14. The number of alkyl halides is 2. The molecule has 0 aliphatic rings. The van der Waals surface area contributed by atoms with Crippen molar-refractivity contribution in [2.75, 3.05) is 6.26 Å². The van der Waals surface area contributed by atoms with Crippen LogP contribution in [0, 0.1) is 0 Å². The Balaban J connectivity index is 2.74. The first kappa shape index (κ1) is 14.5. The fourth-order valence-electron chi connectivity index (χ4n) is 1.79. The van der Waals surface area contributed by atoms with E-state index in [0.717, 1.165) is 10.8 Å². The molecular weight excluding hydrogens is 292 g/mol. The lowest BCUT2D eigenvalue weighted by molar-refractivity contribution is 0.148. The lowest BCUT2D eigenvalue weighted by atomic mass is 10.1. The van der Waals surface area contributed by atoms with Gasteiger partial charge in [-0.3, -0.25) is 9.36 Å². The minimum atomic E-state index is -3.61. The molecule has 0 atom stereocenters. The normalized spacial score (nSPS) is 12.2. The summed E-state index contributed by atoms with van der Waals surface area (Å²) < 4.78 is 48.6. The molecule has 6 nitrogen and oxygen atoms in total. The summed E-state index contributed by atoms with van der Waals surface area (Å²) in [5, 5.41) is -0.0863. The highest BCUT2D eigenvalue weighted by Gasteiger charge is 2.16. The zero-order valence-corrected chi connectivity index (χ0v) is 11.5. The van der Waals surface area contributed by atoms with E-state index >= 15 is 0 Å². The van der Waals surface area contributed by atoms with Crippen LogP contribution in [-0.2, 0) is 23.3 Å². The molecule has 20 heavy (non-hydrogen) atoms. The first-order valence-corrected chi connectivity index (χ1v) is 7.43. The van der Waals surface area contributed by atoms with Gasteiger partial charge in [0.25, 0.3) is 5.56 Å². The van der Waals surface area contributed by atoms with Crippen molar-refractivity contribution in [3.05, 3.63) is 28.2 Å². The van der Waals surface area contributed by atoms with Gasteiger partial charge in [0.1, 0.15) is 5.65 Å². The number of fused-ring (bicyclic) bond motifs is 1. The maximum atomic E-state index is 12.4. The number of pyridine rings is 1. The summed E-state index contributed by atoms with van der Waals surface area (Å²) >= 11 is 0. The first-order chi connectivity index (χ1) is 9.20. The second-order valence-electron chi connectivity index (χ2n) is 4.33. The summed E-state index contributed by atoms with van der Waals surface area (Å²) in [5.41, 5.74) is -0.606. The van der Waals surface area contributed by atoms with Crippen LogP contribution in [-0.4, -0.2) is 35.6 Å². The van der Waals surface area contributed by atoms with Crippen molar-refractivity contribution in [1.29, 1.82) is 0 Å². The largest absolute Gasteiger partial charge is 0.295 e. The van der Waals surface area contributed by atoms with Gasteiger partial charge in [-0.05, 0) is 6.07 Å². The predicted molar refractivity (Wildman–Crippen MR) is 67.6 cm³/mol. The third-order valence-electron chi connectivity index (χ3n) is 2.71. The van der Waals surface area contributed by atoms with E-state index in [-0.39, 0.29) is 11.2 Å². The fraction of sp³-hybridized carbons (Fsp3) is 0.364. The van der Waals surface area contributed by atoms with Gasteiger partial charge in [-0.1, -0.05) is 0 Å². The molecule has 0 saturated heterocycles. The molecule has 0 aliphatic carbocycles. The lowest BCUT2D eigenvalue weighted by Gasteiger charge is -2.08. The molecule has 2 rings (SSSR count). The minimum Gasteiger partial charge on any atom is -0.295 e. The lowest BCUT2D eigenvalue weighted by Crippen LogP contribution is -2.24. The quantitative estimate of drug-likeness (QED) is 0.773. The number of aromatic nitrogens is 3. The van der Waals surface area contributed by atoms with E-state index in [1.54, 1.807) is 0 Å². The zero-order chi connectivity index (χ0) is 15.1. The van der Waals surface area contributed by atoms with Gasteiger partial charge < -0.3 is 0 Å². The summed E-state index contributed by atoms with van der Waals surface area (Å²) in [7, 11) is -2.26. The predicted octanol–water partition coefficient (Wildman–Crippen LogP) is 0.540. The number of rotatable bonds is 3. The molecule has 2 aromatic rings. The van der Waals surface area contributed by atoms with E-state index < -0.39 is 33.4 Å². The Hall–Kier alpha value is -1.90. The standard InChI is InChI=1S/C11H11F2N3O3S/c1-16-9-7(3-6(10(16)17)4-8(12)13)5-14-11(15-9)20(2,18)19/h3,5,8H,4H2,1-2H3. The van der Waals surface area contributed by atoms with Crippen LogP contribution in [0.4, 0.5) is 8.78 Å². The van der Waals surface area contributed by atoms with Gasteiger partial charge in [0.05, 0.1) is 0 Å². The summed E-state index contributed by atoms with van der Waals surface area (Å²) in [6, 6.07) is 1.26. The molecule has 9 heteroatoms.